The van der Waals surface area contributed by atoms with Gasteiger partial charge in [-0.3, -0.25) is 0 Å². The zero-order valence-corrected chi connectivity index (χ0v) is 8.92. The molecule has 1 saturated heterocycles. The molecule has 0 radical (unpaired) electrons. The Balaban J connectivity index is 2.18. The Bertz CT molecular complexity index is 364. The quantitative estimate of drug-likeness (QED) is 0.810. The van der Waals surface area contributed by atoms with Gasteiger partial charge in [-0.05, 0) is 37.6 Å². The fourth-order valence-electron chi connectivity index (χ4n) is 2.14. The Kier molecular flexibility index (Phi) is 3.51. The molecule has 2 rings (SSSR count). The van der Waals surface area contributed by atoms with Crippen LogP contribution in [-0.2, 0) is 0 Å². The van der Waals surface area contributed by atoms with E-state index in [0.29, 0.717) is 6.54 Å². The molecule has 0 spiro atoms. The Hall–Kier alpha value is -1.00. The van der Waals surface area contributed by atoms with Crippen LogP contribution >= 0.6 is 0 Å². The van der Waals surface area contributed by atoms with Crippen molar-refractivity contribution in [2.75, 3.05) is 13.1 Å². The predicted molar refractivity (Wildman–Crippen MR) is 56.9 cm³/mol. The number of aliphatic hydroxyl groups is 1. The minimum absolute atomic E-state index is 0.0370. The summed E-state index contributed by atoms with van der Waals surface area (Å²) in [6.07, 6.45) is 0.867. The fraction of sp³-hybridized carbons (Fsp3) is 0.500. The van der Waals surface area contributed by atoms with Gasteiger partial charge in [0.05, 0.1) is 6.10 Å². The van der Waals surface area contributed by atoms with Gasteiger partial charge in [0, 0.05) is 18.0 Å². The van der Waals surface area contributed by atoms with Gasteiger partial charge in [-0.15, -0.1) is 0 Å². The van der Waals surface area contributed by atoms with Crippen LogP contribution in [0, 0.1) is 17.6 Å². The van der Waals surface area contributed by atoms with Gasteiger partial charge in [0.15, 0.2) is 0 Å². The summed E-state index contributed by atoms with van der Waals surface area (Å²) in [5.74, 6) is -1.09. The summed E-state index contributed by atoms with van der Waals surface area (Å²) in [6.45, 7) is 1.58. The molecule has 1 fully saturated rings. The van der Waals surface area contributed by atoms with Gasteiger partial charge in [-0.25, -0.2) is 8.78 Å². The lowest BCUT2D eigenvalue weighted by Crippen LogP contribution is -2.33. The molecule has 0 saturated carbocycles. The van der Waals surface area contributed by atoms with Crippen molar-refractivity contribution in [2.24, 2.45) is 5.92 Å². The zero-order chi connectivity index (χ0) is 11.5. The van der Waals surface area contributed by atoms with Gasteiger partial charge in [-0.1, -0.05) is 0 Å². The van der Waals surface area contributed by atoms with Crippen LogP contribution in [0.2, 0.25) is 0 Å². The van der Waals surface area contributed by atoms with Crippen LogP contribution in [0.25, 0.3) is 0 Å². The van der Waals surface area contributed by atoms with Crippen LogP contribution in [0.4, 0.5) is 8.78 Å². The number of hydrogen-bond donors (Lipinski definition) is 2. The summed E-state index contributed by atoms with van der Waals surface area (Å²) < 4.78 is 26.4. The average molecular weight is 227 g/mol. The molecule has 2 atom stereocenters. The summed E-state index contributed by atoms with van der Waals surface area (Å²) >= 11 is 0. The lowest BCUT2D eigenvalue weighted by Gasteiger charge is -2.27. The third-order valence-corrected chi connectivity index (χ3v) is 3.06. The van der Waals surface area contributed by atoms with E-state index in [1.807, 2.05) is 0 Å². The van der Waals surface area contributed by atoms with Crippen LogP contribution in [-0.4, -0.2) is 18.2 Å². The predicted octanol–water partition coefficient (Wildman–Crippen LogP) is 2.00. The molecular formula is C12H15F2NO. The number of halogens is 2. The second-order valence-electron chi connectivity index (χ2n) is 4.22. The summed E-state index contributed by atoms with van der Waals surface area (Å²) in [5.41, 5.74) is 0.0636. The van der Waals surface area contributed by atoms with E-state index >= 15 is 0 Å². The minimum atomic E-state index is -0.927. The van der Waals surface area contributed by atoms with Crippen molar-refractivity contribution in [1.29, 1.82) is 0 Å². The van der Waals surface area contributed by atoms with Crippen LogP contribution < -0.4 is 5.32 Å². The van der Waals surface area contributed by atoms with E-state index in [2.05, 4.69) is 5.32 Å². The molecule has 1 heterocycles. The highest BCUT2D eigenvalue weighted by Gasteiger charge is 2.25. The molecule has 1 aromatic carbocycles. The zero-order valence-electron chi connectivity index (χ0n) is 8.92. The lowest BCUT2D eigenvalue weighted by atomic mass is 9.89. The van der Waals surface area contributed by atoms with Crippen molar-refractivity contribution in [2.45, 2.75) is 18.9 Å². The lowest BCUT2D eigenvalue weighted by molar-refractivity contribution is 0.0885. The first-order valence-electron chi connectivity index (χ1n) is 5.52. The molecular weight excluding hydrogens is 212 g/mol. The molecule has 88 valence electrons. The summed E-state index contributed by atoms with van der Waals surface area (Å²) in [7, 11) is 0. The average Bonchev–Trinajstić information content (AvgIpc) is 2.32. The standard InChI is InChI=1S/C12H15F2NO/c13-9-3-4-11(14)10(6-9)12(16)8-2-1-5-15-7-8/h3-4,6,8,12,15-16H,1-2,5,7H2. The smallest absolute Gasteiger partial charge is 0.129 e. The first-order chi connectivity index (χ1) is 7.68. The fourth-order valence-corrected chi connectivity index (χ4v) is 2.14. The first-order valence-corrected chi connectivity index (χ1v) is 5.52. The van der Waals surface area contributed by atoms with Gasteiger partial charge >= 0.3 is 0 Å². The molecule has 0 aliphatic carbocycles. The Morgan fingerprint density at radius 2 is 2.19 bits per heavy atom. The topological polar surface area (TPSA) is 32.3 Å². The highest BCUT2D eigenvalue weighted by molar-refractivity contribution is 5.21. The van der Waals surface area contributed by atoms with Crippen molar-refractivity contribution < 1.29 is 13.9 Å². The maximum absolute atomic E-state index is 13.4. The minimum Gasteiger partial charge on any atom is -0.388 e. The highest BCUT2D eigenvalue weighted by atomic mass is 19.1. The van der Waals surface area contributed by atoms with E-state index in [9.17, 15) is 13.9 Å². The Morgan fingerprint density at radius 1 is 1.38 bits per heavy atom. The number of hydrogen-bond acceptors (Lipinski definition) is 2. The van der Waals surface area contributed by atoms with Crippen LogP contribution in [0.3, 0.4) is 0 Å². The molecule has 4 heteroatoms. The number of aliphatic hydroxyl groups excluding tert-OH is 1. The molecule has 0 amide bonds. The molecule has 2 unspecified atom stereocenters. The molecule has 0 bridgehead atoms. The maximum Gasteiger partial charge on any atom is 0.129 e. The summed E-state index contributed by atoms with van der Waals surface area (Å²) in [6, 6.07) is 3.20. The second-order valence-corrected chi connectivity index (χ2v) is 4.22. The first kappa shape index (κ1) is 11.5. The summed E-state index contributed by atoms with van der Waals surface area (Å²) in [4.78, 5) is 0. The maximum atomic E-state index is 13.4. The molecule has 1 aromatic rings. The second kappa shape index (κ2) is 4.89. The largest absolute Gasteiger partial charge is 0.388 e. The highest BCUT2D eigenvalue weighted by Crippen LogP contribution is 2.29. The van der Waals surface area contributed by atoms with Crippen molar-refractivity contribution in [3.8, 4) is 0 Å². The number of rotatable bonds is 2. The Labute approximate surface area is 93.3 Å². The van der Waals surface area contributed by atoms with E-state index in [1.165, 1.54) is 0 Å². The number of nitrogens with one attached hydrogen (secondary N) is 1. The van der Waals surface area contributed by atoms with Crippen molar-refractivity contribution in [1.82, 2.24) is 5.32 Å². The molecule has 16 heavy (non-hydrogen) atoms. The van der Waals surface area contributed by atoms with E-state index < -0.39 is 17.7 Å². The van der Waals surface area contributed by atoms with E-state index in [1.54, 1.807) is 0 Å². The normalized spacial score (nSPS) is 23.1. The van der Waals surface area contributed by atoms with Crippen molar-refractivity contribution >= 4 is 0 Å². The monoisotopic (exact) mass is 227 g/mol. The Morgan fingerprint density at radius 3 is 2.88 bits per heavy atom. The molecule has 2 N–H and O–H groups in total. The van der Waals surface area contributed by atoms with Crippen molar-refractivity contribution in [3.63, 3.8) is 0 Å². The number of piperidine rings is 1. The van der Waals surface area contributed by atoms with Crippen LogP contribution in [0.5, 0.6) is 0 Å². The molecule has 0 aromatic heterocycles. The molecule has 2 nitrogen and oxygen atoms in total. The van der Waals surface area contributed by atoms with Gasteiger partial charge in [0.1, 0.15) is 11.6 Å². The van der Waals surface area contributed by atoms with Crippen molar-refractivity contribution in [3.05, 3.63) is 35.4 Å². The molecule has 1 aliphatic heterocycles. The van der Waals surface area contributed by atoms with Gasteiger partial charge in [-0.2, -0.15) is 0 Å². The van der Waals surface area contributed by atoms with E-state index in [-0.39, 0.29) is 11.5 Å². The van der Waals surface area contributed by atoms with Gasteiger partial charge in [0.25, 0.3) is 0 Å². The molecule has 1 aliphatic rings. The van der Waals surface area contributed by atoms with E-state index in [0.717, 1.165) is 37.6 Å². The van der Waals surface area contributed by atoms with E-state index in [4.69, 9.17) is 0 Å². The third kappa shape index (κ3) is 2.39. The third-order valence-electron chi connectivity index (χ3n) is 3.06. The summed E-state index contributed by atoms with van der Waals surface area (Å²) in [5, 5.41) is 13.1. The van der Waals surface area contributed by atoms with Gasteiger partial charge < -0.3 is 10.4 Å². The SMILES string of the molecule is OC(c1cc(F)ccc1F)C1CCCNC1. The van der Waals surface area contributed by atoms with Crippen LogP contribution in [0.1, 0.15) is 24.5 Å². The number of benzene rings is 1. The van der Waals surface area contributed by atoms with Gasteiger partial charge in [0.2, 0.25) is 0 Å². The van der Waals surface area contributed by atoms with Crippen LogP contribution in [0.15, 0.2) is 18.2 Å².